The van der Waals surface area contributed by atoms with Gasteiger partial charge in [0.15, 0.2) is 23.3 Å². The number of anilines is 1. The second-order valence-electron chi connectivity index (χ2n) is 6.63. The van der Waals surface area contributed by atoms with Crippen LogP contribution in [0.1, 0.15) is 5.56 Å². The first-order valence-electron chi connectivity index (χ1n) is 8.74. The van der Waals surface area contributed by atoms with E-state index in [9.17, 15) is 9.18 Å². The SMILES string of the molecule is Cc1cc(Cl)cc2sc(N(CCN(C)C)C(=O)COc3ccccc3F)nc12.Cl. The third-order valence-corrected chi connectivity index (χ3v) is 5.37. The third kappa shape index (κ3) is 5.79. The van der Waals surface area contributed by atoms with Gasteiger partial charge in [0, 0.05) is 18.1 Å². The molecule has 3 aromatic rings. The van der Waals surface area contributed by atoms with Crippen molar-refractivity contribution in [2.45, 2.75) is 6.92 Å². The second kappa shape index (κ2) is 10.2. The summed E-state index contributed by atoms with van der Waals surface area (Å²) in [5.74, 6) is -0.733. The van der Waals surface area contributed by atoms with Crippen molar-refractivity contribution in [2.24, 2.45) is 0 Å². The van der Waals surface area contributed by atoms with Gasteiger partial charge in [-0.3, -0.25) is 9.69 Å². The molecule has 1 aromatic heterocycles. The van der Waals surface area contributed by atoms with Gasteiger partial charge in [0.1, 0.15) is 0 Å². The molecule has 2 aromatic carbocycles. The molecule has 0 radical (unpaired) electrons. The number of hydrogen-bond donors (Lipinski definition) is 0. The average Bonchev–Trinajstić information content (AvgIpc) is 3.05. The first kappa shape index (κ1) is 23.3. The number of carbonyl (C=O) groups is 1. The van der Waals surface area contributed by atoms with Crippen LogP contribution in [0.25, 0.3) is 10.2 Å². The first-order chi connectivity index (χ1) is 13.3. The van der Waals surface area contributed by atoms with Crippen LogP contribution in [-0.4, -0.2) is 49.6 Å². The molecule has 0 aliphatic carbocycles. The van der Waals surface area contributed by atoms with Crippen LogP contribution in [0.15, 0.2) is 36.4 Å². The predicted octanol–water partition coefficient (Wildman–Crippen LogP) is 4.79. The molecule has 1 heterocycles. The van der Waals surface area contributed by atoms with Gasteiger partial charge in [-0.05, 0) is 50.8 Å². The maximum absolute atomic E-state index is 13.8. The maximum atomic E-state index is 13.8. The van der Waals surface area contributed by atoms with E-state index in [0.717, 1.165) is 15.8 Å². The summed E-state index contributed by atoms with van der Waals surface area (Å²) in [7, 11) is 3.86. The van der Waals surface area contributed by atoms with Gasteiger partial charge in [0.05, 0.1) is 10.2 Å². The number of rotatable bonds is 7. The standard InChI is InChI=1S/C20H21ClFN3O2S.ClH/c1-13-10-14(21)11-17-19(13)23-20(28-17)25(9-8-24(2)3)18(26)12-27-16-7-5-4-6-15(16)22;/h4-7,10-11H,8-9,12H2,1-3H3;1H. The summed E-state index contributed by atoms with van der Waals surface area (Å²) in [5, 5.41) is 1.21. The van der Waals surface area contributed by atoms with E-state index in [4.69, 9.17) is 16.3 Å². The van der Waals surface area contributed by atoms with Crippen molar-refractivity contribution in [3.05, 3.63) is 52.8 Å². The van der Waals surface area contributed by atoms with Crippen LogP contribution in [0.5, 0.6) is 5.75 Å². The third-order valence-electron chi connectivity index (χ3n) is 4.13. The molecule has 156 valence electrons. The Balaban J connectivity index is 0.00000300. The molecule has 0 atom stereocenters. The summed E-state index contributed by atoms with van der Waals surface area (Å²) >= 11 is 7.55. The van der Waals surface area contributed by atoms with Crippen LogP contribution in [0.2, 0.25) is 5.02 Å². The number of nitrogens with zero attached hydrogens (tertiary/aromatic N) is 3. The van der Waals surface area contributed by atoms with E-state index in [1.54, 1.807) is 17.0 Å². The van der Waals surface area contributed by atoms with Crippen molar-refractivity contribution in [3.63, 3.8) is 0 Å². The molecule has 9 heteroatoms. The molecular formula is C20H22Cl2FN3O2S. The fourth-order valence-corrected chi connectivity index (χ4v) is 4.13. The van der Waals surface area contributed by atoms with Gasteiger partial charge in [-0.1, -0.05) is 35.1 Å². The quantitative estimate of drug-likeness (QED) is 0.511. The zero-order valence-electron chi connectivity index (χ0n) is 16.3. The van der Waals surface area contributed by atoms with Gasteiger partial charge in [-0.15, -0.1) is 12.4 Å². The van der Waals surface area contributed by atoms with Crippen molar-refractivity contribution in [2.75, 3.05) is 38.7 Å². The normalized spacial score (nSPS) is 10.8. The number of amides is 1. The number of carbonyl (C=O) groups excluding carboxylic acids is 1. The average molecular weight is 458 g/mol. The molecule has 0 fully saturated rings. The van der Waals surface area contributed by atoms with Crippen molar-refractivity contribution in [1.29, 1.82) is 0 Å². The molecule has 5 nitrogen and oxygen atoms in total. The molecule has 29 heavy (non-hydrogen) atoms. The Bertz CT molecular complexity index is 997. The molecule has 0 bridgehead atoms. The molecule has 0 saturated heterocycles. The van der Waals surface area contributed by atoms with Crippen LogP contribution in [0.3, 0.4) is 0 Å². The number of benzene rings is 2. The monoisotopic (exact) mass is 457 g/mol. The summed E-state index contributed by atoms with van der Waals surface area (Å²) in [6, 6.07) is 9.71. The number of thiazole rings is 1. The highest BCUT2D eigenvalue weighted by molar-refractivity contribution is 7.22. The van der Waals surface area contributed by atoms with Crippen LogP contribution in [-0.2, 0) is 4.79 Å². The van der Waals surface area contributed by atoms with Gasteiger partial charge < -0.3 is 9.64 Å². The molecule has 0 aliphatic rings. The molecular weight excluding hydrogens is 436 g/mol. The number of aromatic nitrogens is 1. The lowest BCUT2D eigenvalue weighted by atomic mass is 10.2. The Labute approximate surface area is 184 Å². The fourth-order valence-electron chi connectivity index (χ4n) is 2.66. The number of hydrogen-bond acceptors (Lipinski definition) is 5. The van der Waals surface area contributed by atoms with Crippen molar-refractivity contribution >= 4 is 56.6 Å². The van der Waals surface area contributed by atoms with E-state index in [-0.39, 0.29) is 30.7 Å². The van der Waals surface area contributed by atoms with E-state index in [1.165, 1.54) is 23.5 Å². The second-order valence-corrected chi connectivity index (χ2v) is 8.08. The van der Waals surface area contributed by atoms with E-state index in [2.05, 4.69) is 4.98 Å². The van der Waals surface area contributed by atoms with Gasteiger partial charge >= 0.3 is 0 Å². The molecule has 0 spiro atoms. The van der Waals surface area contributed by atoms with Gasteiger partial charge in [0.2, 0.25) is 0 Å². The lowest BCUT2D eigenvalue weighted by Gasteiger charge is -2.22. The highest BCUT2D eigenvalue weighted by Gasteiger charge is 2.21. The largest absolute Gasteiger partial charge is 0.481 e. The summed E-state index contributed by atoms with van der Waals surface area (Å²) in [4.78, 5) is 21.1. The molecule has 0 unspecified atom stereocenters. The Hall–Kier alpha value is -1.93. The molecule has 3 rings (SSSR count). The maximum Gasteiger partial charge on any atom is 0.266 e. The number of aryl methyl sites for hydroxylation is 1. The van der Waals surface area contributed by atoms with E-state index in [1.807, 2.05) is 38.1 Å². The van der Waals surface area contributed by atoms with Crippen molar-refractivity contribution < 1.29 is 13.9 Å². The zero-order valence-corrected chi connectivity index (χ0v) is 18.7. The highest BCUT2D eigenvalue weighted by atomic mass is 35.5. The molecule has 0 saturated carbocycles. The van der Waals surface area contributed by atoms with E-state index in [0.29, 0.717) is 23.2 Å². The summed E-state index contributed by atoms with van der Waals surface area (Å²) in [5.41, 5.74) is 1.77. The minimum Gasteiger partial charge on any atom is -0.481 e. The summed E-state index contributed by atoms with van der Waals surface area (Å²) in [6.45, 7) is 2.76. The minimum absolute atomic E-state index is 0. The first-order valence-corrected chi connectivity index (χ1v) is 9.93. The van der Waals surface area contributed by atoms with Gasteiger partial charge in [-0.2, -0.15) is 0 Å². The number of fused-ring (bicyclic) bond motifs is 1. The Kier molecular flexibility index (Phi) is 8.22. The topological polar surface area (TPSA) is 45.7 Å². The van der Waals surface area contributed by atoms with Crippen LogP contribution >= 0.6 is 35.3 Å². The summed E-state index contributed by atoms with van der Waals surface area (Å²) < 4.78 is 20.1. The van der Waals surface area contributed by atoms with E-state index >= 15 is 0 Å². The fraction of sp³-hybridized carbons (Fsp3) is 0.300. The summed E-state index contributed by atoms with van der Waals surface area (Å²) in [6.07, 6.45) is 0. The Morgan fingerprint density at radius 3 is 2.66 bits per heavy atom. The minimum atomic E-state index is -0.500. The highest BCUT2D eigenvalue weighted by Crippen LogP contribution is 2.33. The Morgan fingerprint density at radius 2 is 1.97 bits per heavy atom. The smallest absolute Gasteiger partial charge is 0.266 e. The van der Waals surface area contributed by atoms with Crippen LogP contribution in [0.4, 0.5) is 9.52 Å². The number of likely N-dealkylation sites (N-methyl/N-ethyl adjacent to an activating group) is 1. The van der Waals surface area contributed by atoms with E-state index < -0.39 is 5.82 Å². The molecule has 1 amide bonds. The van der Waals surface area contributed by atoms with Gasteiger partial charge in [-0.25, -0.2) is 9.37 Å². The van der Waals surface area contributed by atoms with Gasteiger partial charge in [0.25, 0.3) is 5.91 Å². The molecule has 0 N–H and O–H groups in total. The zero-order chi connectivity index (χ0) is 20.3. The number of ether oxygens (including phenoxy) is 1. The lowest BCUT2D eigenvalue weighted by Crippen LogP contribution is -2.39. The number of para-hydroxylation sites is 1. The van der Waals surface area contributed by atoms with Crippen molar-refractivity contribution in [1.82, 2.24) is 9.88 Å². The Morgan fingerprint density at radius 1 is 1.24 bits per heavy atom. The van der Waals surface area contributed by atoms with Crippen molar-refractivity contribution in [3.8, 4) is 5.75 Å². The predicted molar refractivity (Wildman–Crippen MR) is 119 cm³/mol. The van der Waals surface area contributed by atoms with Crippen LogP contribution < -0.4 is 9.64 Å². The number of halogens is 3. The lowest BCUT2D eigenvalue weighted by molar-refractivity contribution is -0.120. The van der Waals surface area contributed by atoms with Crippen LogP contribution in [0, 0.1) is 12.7 Å². The molecule has 0 aliphatic heterocycles.